The van der Waals surface area contributed by atoms with Gasteiger partial charge < -0.3 is 8.54 Å². The molecule has 0 aliphatic carbocycles. The average molecular weight is 255 g/mol. The van der Waals surface area contributed by atoms with Crippen LogP contribution in [0.4, 0.5) is 0 Å². The van der Waals surface area contributed by atoms with Crippen molar-refractivity contribution in [2.75, 3.05) is 7.11 Å². The Morgan fingerprint density at radius 1 is 0.933 bits per heavy atom. The summed E-state index contributed by atoms with van der Waals surface area (Å²) in [5.74, 6) is 0. The molecule has 0 aliphatic heterocycles. The van der Waals surface area contributed by atoms with E-state index in [0.717, 1.165) is 0 Å². The Labute approximate surface area is 101 Å². The van der Waals surface area contributed by atoms with Crippen LogP contribution >= 0.6 is 0 Å². The maximum absolute atomic E-state index is 5.86. The van der Waals surface area contributed by atoms with Crippen molar-refractivity contribution in [1.82, 2.24) is 0 Å². The summed E-state index contributed by atoms with van der Waals surface area (Å²) < 4.78 is 11.2. The molecule has 0 rings (SSSR count). The molecule has 0 heterocycles. The Kier molecular flexibility index (Phi) is 20.8. The third kappa shape index (κ3) is 14.1. The minimum Gasteiger partial charge on any atom is -0.433 e. The van der Waals surface area contributed by atoms with E-state index in [2.05, 4.69) is 26.2 Å². The molecule has 0 saturated carbocycles. The zero-order valence-electron chi connectivity index (χ0n) is 8.10. The van der Waals surface area contributed by atoms with E-state index in [-0.39, 0.29) is 29.7 Å². The molecule has 1 atom stereocenters. The van der Waals surface area contributed by atoms with E-state index >= 15 is 0 Å². The normalized spacial score (nSPS) is 12.9. The van der Waals surface area contributed by atoms with E-state index < -0.39 is 16.9 Å². The lowest BCUT2D eigenvalue weighted by Gasteiger charge is -2.29. The Morgan fingerprint density at radius 3 is 1.33 bits per heavy atom. The van der Waals surface area contributed by atoms with Gasteiger partial charge in [0.15, 0.2) is 8.32 Å². The van der Waals surface area contributed by atoms with Crippen molar-refractivity contribution in [2.24, 2.45) is 0 Å². The first-order chi connectivity index (χ1) is 4.83. The van der Waals surface area contributed by atoms with Crippen LogP contribution in [0.15, 0.2) is 12.3 Å². The zero-order valence-corrected chi connectivity index (χ0v) is 10.1. The van der Waals surface area contributed by atoms with Gasteiger partial charge >= 0.3 is 8.56 Å². The summed E-state index contributed by atoms with van der Waals surface area (Å²) in [6.45, 7) is 12.2. The number of hydrogen-bond donors (Lipinski definition) is 0. The van der Waals surface area contributed by atoms with Gasteiger partial charge in [-0.2, -0.15) is 0 Å². The average Bonchev–Trinajstić information content (AvgIpc) is 1.84. The summed E-state index contributed by atoms with van der Waals surface area (Å²) in [7, 11) is -1.79. The van der Waals surface area contributed by atoms with Crippen molar-refractivity contribution in [1.29, 1.82) is 0 Å². The largest absolute Gasteiger partial charge is 0.433 e. The highest BCUT2D eigenvalue weighted by Gasteiger charge is 2.32. The fourth-order valence-corrected chi connectivity index (χ4v) is 6.47. The van der Waals surface area contributed by atoms with E-state index in [1.165, 1.54) is 0 Å². The lowest BCUT2D eigenvalue weighted by molar-refractivity contribution is 0.318. The maximum atomic E-state index is 5.86. The standard InChI is InChI=1S/C7H18O2Si2.4CH4/c1-7-11(6,8-2)9-10(3,4)5;;;;/h7H,1H2,2-6H3;4*1H4. The second-order valence-corrected chi connectivity index (χ2v) is 11.5. The third-order valence-electron chi connectivity index (χ3n) is 1.28. The van der Waals surface area contributed by atoms with Crippen LogP contribution in [0, 0.1) is 0 Å². The number of rotatable bonds is 4. The fourth-order valence-electron chi connectivity index (χ4n) is 0.775. The molecule has 0 saturated heterocycles. The molecule has 0 radical (unpaired) electrons. The second kappa shape index (κ2) is 10.6. The summed E-state index contributed by atoms with van der Waals surface area (Å²) in [4.78, 5) is 0. The molecule has 0 aliphatic rings. The van der Waals surface area contributed by atoms with Crippen LogP contribution in [0.2, 0.25) is 26.2 Å². The SMILES string of the molecule is C.C.C.C.C=C[Si](C)(OC)O[Si](C)(C)C. The topological polar surface area (TPSA) is 18.5 Å². The van der Waals surface area contributed by atoms with Gasteiger partial charge in [0, 0.05) is 7.11 Å². The molecule has 0 aromatic heterocycles. The van der Waals surface area contributed by atoms with E-state index in [9.17, 15) is 0 Å². The van der Waals surface area contributed by atoms with Gasteiger partial charge in [-0.05, 0) is 26.2 Å². The fraction of sp³-hybridized carbons (Fsp3) is 0.818. The summed E-state index contributed by atoms with van der Waals surface area (Å²) in [5.41, 5.74) is 1.82. The van der Waals surface area contributed by atoms with Crippen LogP contribution in [-0.2, 0) is 8.54 Å². The van der Waals surface area contributed by atoms with Crippen LogP contribution < -0.4 is 0 Å². The van der Waals surface area contributed by atoms with Gasteiger partial charge in [0.1, 0.15) is 0 Å². The quantitative estimate of drug-likeness (QED) is 0.669. The van der Waals surface area contributed by atoms with Gasteiger partial charge in [-0.1, -0.05) is 35.4 Å². The zero-order chi connectivity index (χ0) is 9.12. The molecule has 1 unspecified atom stereocenters. The van der Waals surface area contributed by atoms with Crippen LogP contribution in [0.3, 0.4) is 0 Å². The van der Waals surface area contributed by atoms with Crippen LogP contribution in [0.1, 0.15) is 29.7 Å². The smallest absolute Gasteiger partial charge is 0.350 e. The van der Waals surface area contributed by atoms with Crippen molar-refractivity contribution >= 4 is 16.9 Å². The molecule has 0 N–H and O–H groups in total. The van der Waals surface area contributed by atoms with Crippen molar-refractivity contribution in [2.45, 2.75) is 55.9 Å². The first kappa shape index (κ1) is 29.4. The van der Waals surface area contributed by atoms with Crippen molar-refractivity contribution in [3.05, 3.63) is 12.3 Å². The molecule has 2 nitrogen and oxygen atoms in total. The molecule has 0 amide bonds. The summed E-state index contributed by atoms with van der Waals surface area (Å²) >= 11 is 0. The molecule has 15 heavy (non-hydrogen) atoms. The Morgan fingerprint density at radius 2 is 1.27 bits per heavy atom. The highest BCUT2D eigenvalue weighted by Crippen LogP contribution is 2.14. The second-order valence-electron chi connectivity index (χ2n) is 3.64. The van der Waals surface area contributed by atoms with E-state index in [0.29, 0.717) is 0 Å². The minimum absolute atomic E-state index is 0. The molecule has 0 aromatic rings. The van der Waals surface area contributed by atoms with Crippen LogP contribution in [0.5, 0.6) is 0 Å². The van der Waals surface area contributed by atoms with Gasteiger partial charge in [0.05, 0.1) is 0 Å². The van der Waals surface area contributed by atoms with Gasteiger partial charge in [0.2, 0.25) is 0 Å². The summed E-state index contributed by atoms with van der Waals surface area (Å²) in [6, 6.07) is 0. The molecular formula is C11H34O2Si2. The van der Waals surface area contributed by atoms with E-state index in [1.54, 1.807) is 7.11 Å². The van der Waals surface area contributed by atoms with E-state index in [4.69, 9.17) is 8.54 Å². The summed E-state index contributed by atoms with van der Waals surface area (Å²) in [5, 5.41) is 0. The highest BCUT2D eigenvalue weighted by atomic mass is 28.4. The Balaban J connectivity index is -0.0000000833. The van der Waals surface area contributed by atoms with Crippen LogP contribution in [0.25, 0.3) is 0 Å². The van der Waals surface area contributed by atoms with E-state index in [1.807, 2.05) is 12.2 Å². The van der Waals surface area contributed by atoms with Crippen molar-refractivity contribution in [3.8, 4) is 0 Å². The number of hydrogen-bond acceptors (Lipinski definition) is 2. The highest BCUT2D eigenvalue weighted by molar-refractivity contribution is 6.84. The van der Waals surface area contributed by atoms with Crippen molar-refractivity contribution < 1.29 is 8.54 Å². The first-order valence-corrected chi connectivity index (χ1v) is 9.52. The summed E-state index contributed by atoms with van der Waals surface area (Å²) in [6.07, 6.45) is 0. The van der Waals surface area contributed by atoms with Gasteiger partial charge in [-0.15, -0.1) is 6.58 Å². The maximum Gasteiger partial charge on any atom is 0.350 e. The lowest BCUT2D eigenvalue weighted by Crippen LogP contribution is -2.45. The monoisotopic (exact) mass is 254 g/mol. The molecule has 0 bridgehead atoms. The lowest BCUT2D eigenvalue weighted by atomic mass is 11.3. The predicted octanol–water partition coefficient (Wildman–Crippen LogP) is 4.83. The molecule has 4 heteroatoms. The van der Waals surface area contributed by atoms with Gasteiger partial charge in [-0.3, -0.25) is 0 Å². The first-order valence-electron chi connectivity index (χ1n) is 3.72. The molecule has 0 aromatic carbocycles. The molecule has 98 valence electrons. The van der Waals surface area contributed by atoms with Gasteiger partial charge in [0.25, 0.3) is 0 Å². The molecule has 0 spiro atoms. The van der Waals surface area contributed by atoms with Gasteiger partial charge in [-0.25, -0.2) is 0 Å². The molecular weight excluding hydrogens is 220 g/mol. The minimum atomic E-state index is -2.01. The van der Waals surface area contributed by atoms with Crippen LogP contribution in [-0.4, -0.2) is 24.0 Å². The molecule has 0 fully saturated rings. The third-order valence-corrected chi connectivity index (χ3v) is 6.91. The van der Waals surface area contributed by atoms with Crippen molar-refractivity contribution in [3.63, 3.8) is 0 Å². The Bertz CT molecular complexity index is 144. The Hall–Kier alpha value is 0.0938. The predicted molar refractivity (Wildman–Crippen MR) is 80.2 cm³/mol.